The van der Waals surface area contributed by atoms with Crippen molar-refractivity contribution in [1.82, 2.24) is 0 Å². The largest absolute Gasteiger partial charge is 0.573 e. The van der Waals surface area contributed by atoms with Crippen molar-refractivity contribution in [3.8, 4) is 5.75 Å². The van der Waals surface area contributed by atoms with Crippen LogP contribution in [-0.2, 0) is 5.33 Å². The third-order valence-corrected chi connectivity index (χ3v) is 2.17. The maximum absolute atomic E-state index is 12.8. The SMILES string of the molecule is Nc1c(CBr)cc(F)cc1OC(F)(F)F. The highest BCUT2D eigenvalue weighted by Crippen LogP contribution is 2.32. The topological polar surface area (TPSA) is 35.2 Å². The van der Waals surface area contributed by atoms with E-state index in [1.165, 1.54) is 0 Å². The van der Waals surface area contributed by atoms with Gasteiger partial charge in [-0.1, -0.05) is 15.9 Å². The van der Waals surface area contributed by atoms with Crippen molar-refractivity contribution in [3.05, 3.63) is 23.5 Å². The molecule has 0 radical (unpaired) electrons. The second kappa shape index (κ2) is 4.26. The van der Waals surface area contributed by atoms with Gasteiger partial charge in [0.1, 0.15) is 5.82 Å². The van der Waals surface area contributed by atoms with Crippen molar-refractivity contribution in [1.29, 1.82) is 0 Å². The van der Waals surface area contributed by atoms with E-state index in [0.717, 1.165) is 6.07 Å². The number of hydrogen-bond donors (Lipinski definition) is 1. The van der Waals surface area contributed by atoms with Crippen molar-refractivity contribution < 1.29 is 22.3 Å². The van der Waals surface area contributed by atoms with Gasteiger partial charge in [-0.3, -0.25) is 0 Å². The Morgan fingerprint density at radius 3 is 2.40 bits per heavy atom. The fourth-order valence-electron chi connectivity index (χ4n) is 0.967. The molecule has 0 aromatic heterocycles. The van der Waals surface area contributed by atoms with Crippen molar-refractivity contribution in [2.75, 3.05) is 5.73 Å². The highest BCUT2D eigenvalue weighted by Gasteiger charge is 2.32. The molecular formula is C8H6BrF4NO. The Labute approximate surface area is 91.1 Å². The minimum Gasteiger partial charge on any atom is -0.403 e. The van der Waals surface area contributed by atoms with E-state index in [9.17, 15) is 17.6 Å². The van der Waals surface area contributed by atoms with Gasteiger partial charge in [0, 0.05) is 11.4 Å². The highest BCUT2D eigenvalue weighted by molar-refractivity contribution is 9.08. The van der Waals surface area contributed by atoms with Crippen LogP contribution in [-0.4, -0.2) is 6.36 Å². The second-order valence-electron chi connectivity index (χ2n) is 2.66. The van der Waals surface area contributed by atoms with Crippen LogP contribution in [0.1, 0.15) is 5.56 Å². The first-order chi connectivity index (χ1) is 6.83. The zero-order valence-corrected chi connectivity index (χ0v) is 8.82. The third-order valence-electron chi connectivity index (χ3n) is 1.56. The zero-order valence-electron chi connectivity index (χ0n) is 7.24. The normalized spacial score (nSPS) is 11.5. The number of ether oxygens (including phenoxy) is 1. The molecule has 0 aliphatic rings. The van der Waals surface area contributed by atoms with Crippen LogP contribution in [0.4, 0.5) is 23.2 Å². The van der Waals surface area contributed by atoms with Crippen LogP contribution in [0.15, 0.2) is 12.1 Å². The predicted molar refractivity (Wildman–Crippen MR) is 50.1 cm³/mol. The van der Waals surface area contributed by atoms with Gasteiger partial charge in [0.05, 0.1) is 5.69 Å². The van der Waals surface area contributed by atoms with E-state index in [1.54, 1.807) is 0 Å². The summed E-state index contributed by atoms with van der Waals surface area (Å²) in [7, 11) is 0. The average Bonchev–Trinajstić information content (AvgIpc) is 2.08. The molecule has 7 heteroatoms. The number of nitrogens with two attached hydrogens (primary N) is 1. The number of hydrogen-bond acceptors (Lipinski definition) is 2. The van der Waals surface area contributed by atoms with Crippen LogP contribution >= 0.6 is 15.9 Å². The molecule has 0 aliphatic heterocycles. The molecule has 0 saturated carbocycles. The van der Waals surface area contributed by atoms with Crippen LogP contribution in [0.3, 0.4) is 0 Å². The fraction of sp³-hybridized carbons (Fsp3) is 0.250. The van der Waals surface area contributed by atoms with Gasteiger partial charge in [-0.05, 0) is 11.6 Å². The lowest BCUT2D eigenvalue weighted by Crippen LogP contribution is -2.18. The molecule has 0 heterocycles. The third kappa shape index (κ3) is 3.26. The van der Waals surface area contributed by atoms with E-state index in [1.807, 2.05) is 0 Å². The molecule has 0 saturated heterocycles. The summed E-state index contributed by atoms with van der Waals surface area (Å²) in [4.78, 5) is 0. The number of nitrogen functional groups attached to an aromatic ring is 1. The van der Waals surface area contributed by atoms with Crippen molar-refractivity contribution in [2.45, 2.75) is 11.7 Å². The first kappa shape index (κ1) is 12.1. The minimum atomic E-state index is -4.88. The molecule has 0 fully saturated rings. The molecule has 84 valence electrons. The molecule has 2 N–H and O–H groups in total. The molecule has 0 aliphatic carbocycles. The molecule has 0 amide bonds. The minimum absolute atomic E-state index is 0.144. The Morgan fingerprint density at radius 2 is 1.93 bits per heavy atom. The zero-order chi connectivity index (χ0) is 11.6. The lowest BCUT2D eigenvalue weighted by atomic mass is 10.2. The van der Waals surface area contributed by atoms with Gasteiger partial charge in [0.15, 0.2) is 5.75 Å². The number of anilines is 1. The Balaban J connectivity index is 3.12. The summed E-state index contributed by atoms with van der Waals surface area (Å²) in [6.45, 7) is 0. The smallest absolute Gasteiger partial charge is 0.403 e. The van der Waals surface area contributed by atoms with Crippen LogP contribution in [0, 0.1) is 5.82 Å². The maximum atomic E-state index is 12.8. The van der Waals surface area contributed by atoms with Crippen molar-refractivity contribution >= 4 is 21.6 Å². The van der Waals surface area contributed by atoms with E-state index in [4.69, 9.17) is 5.73 Å². The Bertz CT molecular complexity index is 366. The van der Waals surface area contributed by atoms with E-state index in [0.29, 0.717) is 6.07 Å². The molecule has 0 unspecified atom stereocenters. The summed E-state index contributed by atoms with van der Waals surface area (Å²) in [5, 5.41) is 0.144. The van der Waals surface area contributed by atoms with Crippen LogP contribution in [0.2, 0.25) is 0 Å². The van der Waals surface area contributed by atoms with Crippen LogP contribution in [0.25, 0.3) is 0 Å². The summed E-state index contributed by atoms with van der Waals surface area (Å²) < 4.78 is 52.0. The monoisotopic (exact) mass is 287 g/mol. The Kier molecular flexibility index (Phi) is 3.43. The predicted octanol–water partition coefficient (Wildman–Crippen LogP) is 3.20. The number of alkyl halides is 4. The molecule has 1 rings (SSSR count). The fourth-order valence-corrected chi connectivity index (χ4v) is 1.43. The maximum Gasteiger partial charge on any atom is 0.573 e. The van der Waals surface area contributed by atoms with Gasteiger partial charge >= 0.3 is 6.36 Å². The molecule has 0 bridgehead atoms. The van der Waals surface area contributed by atoms with Gasteiger partial charge in [-0.2, -0.15) is 0 Å². The summed E-state index contributed by atoms with van der Waals surface area (Å²) in [6.07, 6.45) is -4.88. The molecular weight excluding hydrogens is 282 g/mol. The number of rotatable bonds is 2. The second-order valence-corrected chi connectivity index (χ2v) is 3.22. The van der Waals surface area contributed by atoms with Crippen molar-refractivity contribution in [3.63, 3.8) is 0 Å². The molecule has 15 heavy (non-hydrogen) atoms. The number of benzene rings is 1. The molecule has 0 atom stereocenters. The Morgan fingerprint density at radius 1 is 1.33 bits per heavy atom. The molecule has 1 aromatic rings. The van der Waals surface area contributed by atoms with Crippen LogP contribution < -0.4 is 10.5 Å². The van der Waals surface area contributed by atoms with Crippen LogP contribution in [0.5, 0.6) is 5.75 Å². The molecule has 0 spiro atoms. The van der Waals surface area contributed by atoms with E-state index < -0.39 is 17.9 Å². The highest BCUT2D eigenvalue weighted by atomic mass is 79.9. The van der Waals surface area contributed by atoms with Gasteiger partial charge in [0.25, 0.3) is 0 Å². The quantitative estimate of drug-likeness (QED) is 0.515. The number of halogens is 5. The van der Waals surface area contributed by atoms with E-state index in [2.05, 4.69) is 20.7 Å². The summed E-state index contributed by atoms with van der Waals surface area (Å²) in [5.41, 5.74) is 5.32. The van der Waals surface area contributed by atoms with E-state index >= 15 is 0 Å². The van der Waals surface area contributed by atoms with Gasteiger partial charge < -0.3 is 10.5 Å². The summed E-state index contributed by atoms with van der Waals surface area (Å²) >= 11 is 2.97. The lowest BCUT2D eigenvalue weighted by Gasteiger charge is -2.13. The van der Waals surface area contributed by atoms with Crippen molar-refractivity contribution in [2.24, 2.45) is 0 Å². The first-order valence-corrected chi connectivity index (χ1v) is 4.85. The summed E-state index contributed by atoms with van der Waals surface area (Å²) in [5.74, 6) is -1.56. The molecule has 2 nitrogen and oxygen atoms in total. The lowest BCUT2D eigenvalue weighted by molar-refractivity contribution is -0.274. The first-order valence-electron chi connectivity index (χ1n) is 3.73. The van der Waals surface area contributed by atoms with Gasteiger partial charge in [-0.15, -0.1) is 13.2 Å². The average molecular weight is 288 g/mol. The summed E-state index contributed by atoms with van der Waals surface area (Å²) in [6, 6.07) is 1.63. The standard InChI is InChI=1S/C8H6BrF4NO/c9-3-4-1-5(10)2-6(7(4)14)15-8(11,12)13/h1-2H,3,14H2. The van der Waals surface area contributed by atoms with E-state index in [-0.39, 0.29) is 16.6 Å². The Hall–Kier alpha value is -0.980. The molecule has 1 aromatic carbocycles. The van der Waals surface area contributed by atoms with Gasteiger partial charge in [-0.25, -0.2) is 4.39 Å². The van der Waals surface area contributed by atoms with Gasteiger partial charge in [0.2, 0.25) is 0 Å².